The van der Waals surface area contributed by atoms with Crippen molar-refractivity contribution in [2.24, 2.45) is 0 Å². The fraction of sp³-hybridized carbons (Fsp3) is 0.333. The summed E-state index contributed by atoms with van der Waals surface area (Å²) in [5.41, 5.74) is 1.70. The Labute approximate surface area is 137 Å². The van der Waals surface area contributed by atoms with Gasteiger partial charge in [0.1, 0.15) is 12.3 Å². The van der Waals surface area contributed by atoms with Gasteiger partial charge in [-0.25, -0.2) is 0 Å². The SMILES string of the molecule is COc1cccc(N2CCN(C(=O)c3nsnc3C)CC2=O)c1. The van der Waals surface area contributed by atoms with E-state index in [-0.39, 0.29) is 18.4 Å². The molecule has 0 radical (unpaired) electrons. The fourth-order valence-corrected chi connectivity index (χ4v) is 3.01. The van der Waals surface area contributed by atoms with E-state index in [9.17, 15) is 9.59 Å². The number of aromatic nitrogens is 2. The van der Waals surface area contributed by atoms with Crippen LogP contribution in [0.2, 0.25) is 0 Å². The first-order valence-electron chi connectivity index (χ1n) is 7.13. The van der Waals surface area contributed by atoms with E-state index < -0.39 is 0 Å². The molecular weight excluding hydrogens is 316 g/mol. The maximum absolute atomic E-state index is 12.4. The molecule has 1 aromatic heterocycles. The summed E-state index contributed by atoms with van der Waals surface area (Å²) in [7, 11) is 1.59. The molecule has 0 spiro atoms. The molecule has 1 saturated heterocycles. The number of methoxy groups -OCH3 is 1. The number of anilines is 1. The third-order valence-electron chi connectivity index (χ3n) is 3.73. The second-order valence-corrected chi connectivity index (χ2v) is 5.70. The van der Waals surface area contributed by atoms with Crippen LogP contribution in [-0.2, 0) is 4.79 Å². The van der Waals surface area contributed by atoms with E-state index in [0.717, 1.165) is 17.4 Å². The van der Waals surface area contributed by atoms with Gasteiger partial charge >= 0.3 is 0 Å². The van der Waals surface area contributed by atoms with Gasteiger partial charge in [0.15, 0.2) is 5.69 Å². The number of hydrogen-bond donors (Lipinski definition) is 0. The van der Waals surface area contributed by atoms with E-state index in [2.05, 4.69) is 8.75 Å². The summed E-state index contributed by atoms with van der Waals surface area (Å²) in [6, 6.07) is 7.32. The average molecular weight is 332 g/mol. The minimum atomic E-state index is -0.241. The van der Waals surface area contributed by atoms with Crippen LogP contribution in [0, 0.1) is 6.92 Å². The molecule has 8 heteroatoms. The Morgan fingerprint density at radius 2 is 2.13 bits per heavy atom. The predicted molar refractivity (Wildman–Crippen MR) is 85.9 cm³/mol. The van der Waals surface area contributed by atoms with Gasteiger partial charge in [-0.2, -0.15) is 8.75 Å². The zero-order valence-electron chi connectivity index (χ0n) is 12.9. The molecule has 0 bridgehead atoms. The molecule has 0 unspecified atom stereocenters. The quantitative estimate of drug-likeness (QED) is 0.848. The summed E-state index contributed by atoms with van der Waals surface area (Å²) in [5.74, 6) is 0.326. The number of aryl methyl sites for hydroxylation is 1. The number of nitrogens with zero attached hydrogens (tertiary/aromatic N) is 4. The van der Waals surface area contributed by atoms with Crippen molar-refractivity contribution in [3.63, 3.8) is 0 Å². The van der Waals surface area contributed by atoms with Gasteiger partial charge in [-0.1, -0.05) is 6.07 Å². The number of benzene rings is 1. The van der Waals surface area contributed by atoms with Crippen molar-refractivity contribution in [3.8, 4) is 5.75 Å². The van der Waals surface area contributed by atoms with Crippen LogP contribution in [0.1, 0.15) is 16.2 Å². The molecule has 1 fully saturated rings. The summed E-state index contributed by atoms with van der Waals surface area (Å²) in [6.07, 6.45) is 0. The zero-order chi connectivity index (χ0) is 16.4. The van der Waals surface area contributed by atoms with E-state index in [0.29, 0.717) is 30.2 Å². The number of amides is 2. The average Bonchev–Trinajstić information content (AvgIpc) is 3.00. The predicted octanol–water partition coefficient (Wildman–Crippen LogP) is 1.34. The van der Waals surface area contributed by atoms with Crippen molar-refractivity contribution in [1.29, 1.82) is 0 Å². The molecule has 23 heavy (non-hydrogen) atoms. The van der Waals surface area contributed by atoms with Crippen LogP contribution < -0.4 is 9.64 Å². The summed E-state index contributed by atoms with van der Waals surface area (Å²) >= 11 is 1.00. The monoisotopic (exact) mass is 332 g/mol. The third kappa shape index (κ3) is 3.02. The molecular formula is C15H16N4O3S. The number of hydrogen-bond acceptors (Lipinski definition) is 6. The van der Waals surface area contributed by atoms with Crippen LogP contribution in [0.15, 0.2) is 24.3 Å². The molecule has 0 atom stereocenters. The molecule has 0 N–H and O–H groups in total. The lowest BCUT2D eigenvalue weighted by Gasteiger charge is -2.34. The van der Waals surface area contributed by atoms with Crippen LogP contribution in [0.3, 0.4) is 0 Å². The summed E-state index contributed by atoms with van der Waals surface area (Å²) in [6.45, 7) is 2.67. The van der Waals surface area contributed by atoms with Crippen molar-refractivity contribution in [1.82, 2.24) is 13.6 Å². The Kier molecular flexibility index (Phi) is 4.24. The van der Waals surface area contributed by atoms with Crippen LogP contribution in [-0.4, -0.2) is 52.2 Å². The first-order valence-corrected chi connectivity index (χ1v) is 7.86. The van der Waals surface area contributed by atoms with E-state index in [1.165, 1.54) is 4.90 Å². The molecule has 0 aliphatic carbocycles. The number of ether oxygens (including phenoxy) is 1. The molecule has 1 aliphatic heterocycles. The Hall–Kier alpha value is -2.48. The van der Waals surface area contributed by atoms with Crippen LogP contribution in [0.4, 0.5) is 5.69 Å². The number of piperazine rings is 1. The van der Waals surface area contributed by atoms with Crippen molar-refractivity contribution < 1.29 is 14.3 Å². The molecule has 3 rings (SSSR count). The van der Waals surface area contributed by atoms with Gasteiger partial charge in [-0.05, 0) is 19.1 Å². The Bertz CT molecular complexity index is 746. The highest BCUT2D eigenvalue weighted by molar-refractivity contribution is 6.99. The van der Waals surface area contributed by atoms with Crippen molar-refractivity contribution >= 4 is 29.2 Å². The molecule has 1 aliphatic rings. The lowest BCUT2D eigenvalue weighted by atomic mass is 10.2. The largest absolute Gasteiger partial charge is 0.497 e. The van der Waals surface area contributed by atoms with E-state index in [1.54, 1.807) is 18.9 Å². The maximum atomic E-state index is 12.4. The Morgan fingerprint density at radius 3 is 2.78 bits per heavy atom. The second kappa shape index (κ2) is 6.33. The smallest absolute Gasteiger partial charge is 0.276 e. The van der Waals surface area contributed by atoms with Crippen LogP contribution in [0.25, 0.3) is 0 Å². The first kappa shape index (κ1) is 15.4. The zero-order valence-corrected chi connectivity index (χ0v) is 13.7. The van der Waals surface area contributed by atoms with E-state index in [4.69, 9.17) is 4.74 Å². The second-order valence-electron chi connectivity index (χ2n) is 5.17. The van der Waals surface area contributed by atoms with Gasteiger partial charge in [0.25, 0.3) is 5.91 Å². The van der Waals surface area contributed by atoms with Gasteiger partial charge in [0, 0.05) is 24.8 Å². The van der Waals surface area contributed by atoms with Crippen LogP contribution >= 0.6 is 11.7 Å². The van der Waals surface area contributed by atoms with Gasteiger partial charge in [0.05, 0.1) is 24.5 Å². The van der Waals surface area contributed by atoms with Gasteiger partial charge in [0.2, 0.25) is 5.91 Å². The first-order chi connectivity index (χ1) is 11.1. The third-order valence-corrected chi connectivity index (χ3v) is 4.35. The number of carbonyl (C=O) groups is 2. The van der Waals surface area contributed by atoms with Gasteiger partial charge < -0.3 is 14.5 Å². The molecule has 2 heterocycles. The molecule has 0 saturated carbocycles. The van der Waals surface area contributed by atoms with E-state index in [1.807, 2.05) is 24.3 Å². The minimum absolute atomic E-state index is 0.0347. The minimum Gasteiger partial charge on any atom is -0.497 e. The summed E-state index contributed by atoms with van der Waals surface area (Å²) in [4.78, 5) is 28.0. The maximum Gasteiger partial charge on any atom is 0.276 e. The van der Waals surface area contributed by atoms with Gasteiger partial charge in [-0.3, -0.25) is 9.59 Å². The number of rotatable bonds is 3. The van der Waals surface area contributed by atoms with Gasteiger partial charge in [-0.15, -0.1) is 0 Å². The topological polar surface area (TPSA) is 75.6 Å². The highest BCUT2D eigenvalue weighted by Crippen LogP contribution is 2.23. The van der Waals surface area contributed by atoms with Crippen molar-refractivity contribution in [2.75, 3.05) is 31.6 Å². The summed E-state index contributed by atoms with van der Waals surface area (Å²) in [5, 5.41) is 0. The molecule has 1 aromatic carbocycles. The Morgan fingerprint density at radius 1 is 1.30 bits per heavy atom. The Balaban J connectivity index is 1.73. The highest BCUT2D eigenvalue weighted by atomic mass is 32.1. The number of carbonyl (C=O) groups excluding carboxylic acids is 2. The lowest BCUT2D eigenvalue weighted by Crippen LogP contribution is -2.52. The summed E-state index contributed by atoms with van der Waals surface area (Å²) < 4.78 is 13.2. The molecule has 2 amide bonds. The highest BCUT2D eigenvalue weighted by Gasteiger charge is 2.30. The van der Waals surface area contributed by atoms with Crippen molar-refractivity contribution in [3.05, 3.63) is 35.7 Å². The molecule has 120 valence electrons. The normalized spacial score (nSPS) is 15.0. The fourth-order valence-electron chi connectivity index (χ4n) is 2.47. The molecule has 7 nitrogen and oxygen atoms in total. The van der Waals surface area contributed by atoms with E-state index >= 15 is 0 Å². The molecule has 2 aromatic rings. The lowest BCUT2D eigenvalue weighted by molar-refractivity contribution is -0.120. The standard InChI is InChI=1S/C15H16N4O3S/c1-10-14(17-23-16-10)15(21)18-6-7-19(13(20)9-18)11-4-3-5-12(8-11)22-2/h3-5,8H,6-7,9H2,1-2H3. The van der Waals surface area contributed by atoms with Crippen molar-refractivity contribution in [2.45, 2.75) is 6.92 Å². The van der Waals surface area contributed by atoms with Crippen LogP contribution in [0.5, 0.6) is 5.75 Å².